The number of rotatable bonds is 3. The summed E-state index contributed by atoms with van der Waals surface area (Å²) in [5, 5.41) is 3.44. The molecule has 0 aliphatic heterocycles. The summed E-state index contributed by atoms with van der Waals surface area (Å²) in [4.78, 5) is 16.8. The molecule has 0 spiro atoms. The lowest BCUT2D eigenvalue weighted by molar-refractivity contribution is 0.0997. The van der Waals surface area contributed by atoms with Crippen LogP contribution in [0.25, 0.3) is 10.1 Å². The number of hydrogen-bond donors (Lipinski definition) is 0. The van der Waals surface area contributed by atoms with Gasteiger partial charge in [-0.1, -0.05) is 0 Å². The summed E-state index contributed by atoms with van der Waals surface area (Å²) in [6.07, 6.45) is 2.00. The van der Waals surface area contributed by atoms with Crippen molar-refractivity contribution in [2.45, 2.75) is 6.42 Å². The molecule has 0 unspecified atom stereocenters. The molecule has 0 fully saturated rings. The fourth-order valence-corrected chi connectivity index (χ4v) is 3.31. The van der Waals surface area contributed by atoms with Crippen molar-refractivity contribution >= 4 is 38.5 Å². The number of carbonyl (C=O) groups excluding carboxylic acids is 1. The Balaban J connectivity index is 1.92. The number of thiazole rings is 1. The highest BCUT2D eigenvalue weighted by Gasteiger charge is 2.12. The molecule has 0 aliphatic carbocycles. The van der Waals surface area contributed by atoms with Crippen LogP contribution in [0.2, 0.25) is 0 Å². The van der Waals surface area contributed by atoms with Crippen molar-refractivity contribution in [2.75, 3.05) is 0 Å². The van der Waals surface area contributed by atoms with E-state index in [1.165, 1.54) is 34.8 Å². The Labute approximate surface area is 111 Å². The highest BCUT2D eigenvalue weighted by atomic mass is 32.1. The zero-order valence-corrected chi connectivity index (χ0v) is 10.9. The lowest BCUT2D eigenvalue weighted by atomic mass is 10.2. The molecule has 1 aromatic carbocycles. The van der Waals surface area contributed by atoms with Crippen LogP contribution in [-0.4, -0.2) is 10.8 Å². The number of benzene rings is 1. The molecule has 2 heterocycles. The van der Waals surface area contributed by atoms with Crippen LogP contribution in [0.5, 0.6) is 0 Å². The summed E-state index contributed by atoms with van der Waals surface area (Å²) in [6, 6.07) is 6.31. The molecule has 0 radical (unpaired) electrons. The summed E-state index contributed by atoms with van der Waals surface area (Å²) in [7, 11) is 0. The minimum absolute atomic E-state index is 0.0339. The highest BCUT2D eigenvalue weighted by molar-refractivity contribution is 7.20. The van der Waals surface area contributed by atoms with Gasteiger partial charge in [0.1, 0.15) is 10.8 Å². The predicted molar refractivity (Wildman–Crippen MR) is 71.9 cm³/mol. The third-order valence-corrected chi connectivity index (χ3v) is 4.49. The van der Waals surface area contributed by atoms with Gasteiger partial charge in [0.05, 0.1) is 11.3 Å². The smallest absolute Gasteiger partial charge is 0.179 e. The standard InChI is InChI=1S/C13H8FNOS2/c14-9-1-2-11-8(5-9)6-12(18-11)10(16)7-13-15-3-4-17-13/h1-6H,7H2. The van der Waals surface area contributed by atoms with Crippen molar-refractivity contribution in [3.63, 3.8) is 0 Å². The van der Waals surface area contributed by atoms with E-state index in [0.717, 1.165) is 15.1 Å². The molecule has 18 heavy (non-hydrogen) atoms. The lowest BCUT2D eigenvalue weighted by Crippen LogP contribution is -2.00. The van der Waals surface area contributed by atoms with Crippen molar-refractivity contribution in [1.82, 2.24) is 4.98 Å². The van der Waals surface area contributed by atoms with Gasteiger partial charge in [0.15, 0.2) is 5.78 Å². The Morgan fingerprint density at radius 1 is 1.33 bits per heavy atom. The highest BCUT2D eigenvalue weighted by Crippen LogP contribution is 2.27. The number of carbonyl (C=O) groups is 1. The van der Waals surface area contributed by atoms with E-state index in [-0.39, 0.29) is 11.6 Å². The maximum atomic E-state index is 13.1. The molecule has 0 amide bonds. The molecule has 0 saturated carbocycles. The molecule has 0 saturated heterocycles. The predicted octanol–water partition coefficient (Wildman–Crippen LogP) is 3.92. The van der Waals surface area contributed by atoms with Crippen molar-refractivity contribution in [3.05, 3.63) is 51.5 Å². The monoisotopic (exact) mass is 277 g/mol. The van der Waals surface area contributed by atoms with Gasteiger partial charge in [0, 0.05) is 16.3 Å². The van der Waals surface area contributed by atoms with E-state index in [0.29, 0.717) is 11.3 Å². The minimum Gasteiger partial charge on any atom is -0.293 e. The average molecular weight is 277 g/mol. The van der Waals surface area contributed by atoms with Crippen molar-refractivity contribution in [2.24, 2.45) is 0 Å². The van der Waals surface area contributed by atoms with Crippen LogP contribution in [0.3, 0.4) is 0 Å². The third-order valence-electron chi connectivity index (χ3n) is 2.55. The molecule has 0 aliphatic rings. The van der Waals surface area contributed by atoms with E-state index in [1.807, 2.05) is 5.38 Å². The third kappa shape index (κ3) is 2.19. The van der Waals surface area contributed by atoms with E-state index < -0.39 is 0 Å². The minimum atomic E-state index is -0.278. The summed E-state index contributed by atoms with van der Waals surface area (Å²) in [5.41, 5.74) is 0. The van der Waals surface area contributed by atoms with Crippen LogP contribution < -0.4 is 0 Å². The maximum absolute atomic E-state index is 13.1. The van der Waals surface area contributed by atoms with E-state index >= 15 is 0 Å². The first kappa shape index (κ1) is 11.5. The number of hydrogen-bond acceptors (Lipinski definition) is 4. The van der Waals surface area contributed by atoms with Gasteiger partial charge in [0.2, 0.25) is 0 Å². The number of nitrogens with zero attached hydrogens (tertiary/aromatic N) is 1. The molecule has 3 aromatic rings. The fourth-order valence-electron chi connectivity index (χ4n) is 1.72. The first-order chi connectivity index (χ1) is 8.72. The second-order valence-corrected chi connectivity index (χ2v) is 5.88. The molecule has 2 nitrogen and oxygen atoms in total. The first-order valence-corrected chi connectivity index (χ1v) is 7.02. The Hall–Kier alpha value is -1.59. The molecule has 2 aromatic heterocycles. The van der Waals surface area contributed by atoms with Crippen LogP contribution in [0, 0.1) is 5.82 Å². The Morgan fingerprint density at radius 3 is 3.00 bits per heavy atom. The van der Waals surface area contributed by atoms with E-state index in [1.54, 1.807) is 18.3 Å². The van der Waals surface area contributed by atoms with Crippen molar-refractivity contribution < 1.29 is 9.18 Å². The normalized spacial score (nSPS) is 10.9. The summed E-state index contributed by atoms with van der Waals surface area (Å²) in [5.74, 6) is -0.245. The fraction of sp³-hybridized carbons (Fsp3) is 0.0769. The van der Waals surface area contributed by atoms with Gasteiger partial charge in [-0.05, 0) is 29.7 Å². The molecule has 5 heteroatoms. The molecular formula is C13H8FNOS2. The molecule has 0 N–H and O–H groups in total. The van der Waals surface area contributed by atoms with Gasteiger partial charge in [0.25, 0.3) is 0 Å². The Kier molecular flexibility index (Phi) is 2.93. The largest absolute Gasteiger partial charge is 0.293 e. The van der Waals surface area contributed by atoms with E-state index in [9.17, 15) is 9.18 Å². The lowest BCUT2D eigenvalue weighted by Gasteiger charge is -1.92. The van der Waals surface area contributed by atoms with Crippen LogP contribution in [-0.2, 0) is 6.42 Å². The number of thiophene rings is 1. The molecule has 90 valence electrons. The maximum Gasteiger partial charge on any atom is 0.179 e. The number of fused-ring (bicyclic) bond motifs is 1. The first-order valence-electron chi connectivity index (χ1n) is 5.33. The number of Topliss-reactive ketones (excluding diaryl/α,β-unsaturated/α-hetero) is 1. The molecule has 0 atom stereocenters. The topological polar surface area (TPSA) is 30.0 Å². The molecule has 3 rings (SSSR count). The Bertz CT molecular complexity index is 703. The van der Waals surface area contributed by atoms with E-state index in [4.69, 9.17) is 0 Å². The summed E-state index contributed by atoms with van der Waals surface area (Å²) in [6.45, 7) is 0. The molecule has 0 bridgehead atoms. The van der Waals surface area contributed by atoms with Crippen molar-refractivity contribution in [3.8, 4) is 0 Å². The van der Waals surface area contributed by atoms with Gasteiger partial charge in [-0.3, -0.25) is 4.79 Å². The number of aromatic nitrogens is 1. The van der Waals surface area contributed by atoms with Crippen LogP contribution in [0.15, 0.2) is 35.8 Å². The van der Waals surface area contributed by atoms with Crippen LogP contribution >= 0.6 is 22.7 Å². The summed E-state index contributed by atoms with van der Waals surface area (Å²) < 4.78 is 14.0. The van der Waals surface area contributed by atoms with Gasteiger partial charge in [-0.2, -0.15) is 0 Å². The molecular weight excluding hydrogens is 269 g/mol. The van der Waals surface area contributed by atoms with Crippen molar-refractivity contribution in [1.29, 1.82) is 0 Å². The van der Waals surface area contributed by atoms with Gasteiger partial charge >= 0.3 is 0 Å². The number of halogens is 1. The SMILES string of the molecule is O=C(Cc1nccs1)c1cc2cc(F)ccc2s1. The number of ketones is 1. The second kappa shape index (κ2) is 4.59. The quantitative estimate of drug-likeness (QED) is 0.679. The second-order valence-electron chi connectivity index (χ2n) is 3.82. The zero-order chi connectivity index (χ0) is 12.5. The van der Waals surface area contributed by atoms with Gasteiger partial charge < -0.3 is 0 Å². The summed E-state index contributed by atoms with van der Waals surface area (Å²) >= 11 is 2.86. The van der Waals surface area contributed by atoms with Gasteiger partial charge in [-0.25, -0.2) is 9.37 Å². The van der Waals surface area contributed by atoms with Crippen LogP contribution in [0.4, 0.5) is 4.39 Å². The van der Waals surface area contributed by atoms with Gasteiger partial charge in [-0.15, -0.1) is 22.7 Å². The van der Waals surface area contributed by atoms with Crippen LogP contribution in [0.1, 0.15) is 14.7 Å². The average Bonchev–Trinajstić information content (AvgIpc) is 2.96. The van der Waals surface area contributed by atoms with E-state index in [2.05, 4.69) is 4.98 Å². The zero-order valence-electron chi connectivity index (χ0n) is 9.22. The Morgan fingerprint density at radius 2 is 2.22 bits per heavy atom.